The van der Waals surface area contributed by atoms with Gasteiger partial charge >= 0.3 is 0 Å². The van der Waals surface area contributed by atoms with Crippen LogP contribution in [0.25, 0.3) is 11.1 Å². The number of aromatic nitrogens is 1. The molecule has 1 aromatic heterocycles. The van der Waals surface area contributed by atoms with Crippen molar-refractivity contribution in [3.8, 4) is 11.1 Å². The summed E-state index contributed by atoms with van der Waals surface area (Å²) in [4.78, 5) is 14.3. The Balaban J connectivity index is 1.65. The molecule has 2 N–H and O–H groups in total. The lowest BCUT2D eigenvalue weighted by Gasteiger charge is -2.14. The van der Waals surface area contributed by atoms with Crippen molar-refractivity contribution < 1.29 is 10.0 Å². The molecule has 6 heteroatoms. The van der Waals surface area contributed by atoms with E-state index < -0.39 is 11.0 Å². The van der Waals surface area contributed by atoms with E-state index in [1.165, 1.54) is 12.3 Å². The fourth-order valence-electron chi connectivity index (χ4n) is 2.68. The van der Waals surface area contributed by atoms with E-state index in [1.807, 2.05) is 54.6 Å². The molecule has 2 aromatic carbocycles. The highest BCUT2D eigenvalue weighted by Gasteiger charge is 2.12. The zero-order chi connectivity index (χ0) is 18.5. The number of pyridine rings is 1. The maximum Gasteiger partial charge on any atom is 0.287 e. The molecule has 0 saturated heterocycles. The van der Waals surface area contributed by atoms with Gasteiger partial charge in [0.2, 0.25) is 0 Å². The van der Waals surface area contributed by atoms with Crippen molar-refractivity contribution in [2.45, 2.75) is 13.0 Å². The van der Waals surface area contributed by atoms with E-state index in [4.69, 9.17) is 0 Å². The third kappa shape index (κ3) is 4.04. The molecule has 6 nitrogen and oxygen atoms in total. The maximum atomic E-state index is 10.8. The molecule has 0 aliphatic rings. The minimum atomic E-state index is -0.712. The van der Waals surface area contributed by atoms with Gasteiger partial charge in [-0.25, -0.2) is 4.98 Å². The molecule has 1 unspecified atom stereocenters. The summed E-state index contributed by atoms with van der Waals surface area (Å²) in [5.41, 5.74) is 3.60. The predicted octanol–water partition coefficient (Wildman–Crippen LogP) is 4.11. The zero-order valence-electron chi connectivity index (χ0n) is 14.3. The van der Waals surface area contributed by atoms with Gasteiger partial charge in [0.25, 0.3) is 5.69 Å². The van der Waals surface area contributed by atoms with Crippen molar-refractivity contribution in [1.29, 1.82) is 0 Å². The van der Waals surface area contributed by atoms with Gasteiger partial charge in [-0.05, 0) is 29.2 Å². The van der Waals surface area contributed by atoms with Crippen LogP contribution < -0.4 is 5.32 Å². The van der Waals surface area contributed by atoms with Crippen LogP contribution in [0.3, 0.4) is 0 Å². The fraction of sp³-hybridized carbons (Fsp3) is 0.150. The fourth-order valence-corrected chi connectivity index (χ4v) is 2.68. The first-order valence-corrected chi connectivity index (χ1v) is 8.23. The summed E-state index contributed by atoms with van der Waals surface area (Å²) in [5.74, 6) is 0.524. The number of nitrogens with one attached hydrogen (secondary N) is 1. The Morgan fingerprint density at radius 1 is 1.12 bits per heavy atom. The molecule has 132 valence electrons. The van der Waals surface area contributed by atoms with Crippen LogP contribution in [0.5, 0.6) is 0 Å². The van der Waals surface area contributed by atoms with E-state index in [9.17, 15) is 15.2 Å². The number of hydrogen-bond donors (Lipinski definition) is 2. The Morgan fingerprint density at radius 3 is 2.38 bits per heavy atom. The van der Waals surface area contributed by atoms with Gasteiger partial charge in [-0.1, -0.05) is 54.6 Å². The molecule has 0 radical (unpaired) electrons. The molecule has 0 aliphatic carbocycles. The first kappa shape index (κ1) is 17.6. The van der Waals surface area contributed by atoms with Crippen LogP contribution in [0.15, 0.2) is 66.9 Å². The van der Waals surface area contributed by atoms with Gasteiger partial charge in [0.15, 0.2) is 0 Å². The lowest BCUT2D eigenvalue weighted by molar-refractivity contribution is -0.385. The van der Waals surface area contributed by atoms with Crippen LogP contribution in [0.4, 0.5) is 11.5 Å². The summed E-state index contributed by atoms with van der Waals surface area (Å²) < 4.78 is 0. The van der Waals surface area contributed by atoms with Gasteiger partial charge in [-0.3, -0.25) is 10.1 Å². The molecule has 0 amide bonds. The van der Waals surface area contributed by atoms with Crippen molar-refractivity contribution in [2.75, 3.05) is 11.9 Å². The summed E-state index contributed by atoms with van der Waals surface area (Å²) >= 11 is 0. The smallest absolute Gasteiger partial charge is 0.287 e. The summed E-state index contributed by atoms with van der Waals surface area (Å²) in [5, 5.41) is 24.2. The minimum Gasteiger partial charge on any atom is -0.387 e. The van der Waals surface area contributed by atoms with Crippen molar-refractivity contribution in [3.63, 3.8) is 0 Å². The van der Waals surface area contributed by atoms with Crippen LogP contribution in [-0.4, -0.2) is 21.6 Å². The van der Waals surface area contributed by atoms with Crippen molar-refractivity contribution in [3.05, 3.63) is 88.1 Å². The quantitative estimate of drug-likeness (QED) is 0.516. The lowest BCUT2D eigenvalue weighted by atomic mass is 10.0. The van der Waals surface area contributed by atoms with Crippen LogP contribution in [0, 0.1) is 17.0 Å². The van der Waals surface area contributed by atoms with Crippen molar-refractivity contribution in [1.82, 2.24) is 4.98 Å². The molecular formula is C20H19N3O3. The Bertz CT molecular complexity index is 896. The second-order valence-corrected chi connectivity index (χ2v) is 6.00. The number of hydrogen-bond acceptors (Lipinski definition) is 5. The SMILES string of the molecule is Cc1cc([N+](=O)[O-])cnc1NCC(O)c1ccc(-c2ccccc2)cc1. The molecule has 0 fully saturated rings. The van der Waals surface area contributed by atoms with E-state index >= 15 is 0 Å². The molecule has 0 spiro atoms. The molecule has 3 rings (SSSR count). The summed E-state index contributed by atoms with van der Waals surface area (Å²) in [6.45, 7) is 2.00. The molecule has 0 saturated carbocycles. The van der Waals surface area contributed by atoms with E-state index in [0.717, 1.165) is 16.7 Å². The Labute approximate surface area is 151 Å². The van der Waals surface area contributed by atoms with Crippen molar-refractivity contribution in [2.24, 2.45) is 0 Å². The number of rotatable bonds is 6. The molecule has 26 heavy (non-hydrogen) atoms. The Kier molecular flexibility index (Phi) is 5.24. The third-order valence-electron chi connectivity index (χ3n) is 4.14. The van der Waals surface area contributed by atoms with Crippen LogP contribution in [0.2, 0.25) is 0 Å². The number of aliphatic hydroxyl groups is 1. The number of aliphatic hydroxyl groups excluding tert-OH is 1. The monoisotopic (exact) mass is 349 g/mol. The first-order valence-electron chi connectivity index (χ1n) is 8.23. The summed E-state index contributed by atoms with van der Waals surface area (Å²) in [6.07, 6.45) is 0.493. The second-order valence-electron chi connectivity index (χ2n) is 6.00. The molecular weight excluding hydrogens is 330 g/mol. The molecule has 0 bridgehead atoms. The summed E-state index contributed by atoms with van der Waals surface area (Å²) in [7, 11) is 0. The van der Waals surface area contributed by atoms with E-state index in [2.05, 4.69) is 10.3 Å². The second kappa shape index (κ2) is 7.76. The molecule has 1 heterocycles. The molecule has 3 aromatic rings. The van der Waals surface area contributed by atoms with Crippen LogP contribution in [-0.2, 0) is 0 Å². The number of nitrogens with zero attached hydrogens (tertiary/aromatic N) is 2. The van der Waals surface area contributed by atoms with E-state index in [1.54, 1.807) is 6.92 Å². The topological polar surface area (TPSA) is 88.3 Å². The lowest BCUT2D eigenvalue weighted by Crippen LogP contribution is -2.13. The predicted molar refractivity (Wildman–Crippen MR) is 101 cm³/mol. The number of benzene rings is 2. The summed E-state index contributed by atoms with van der Waals surface area (Å²) in [6, 6.07) is 19.2. The molecule has 0 aliphatic heterocycles. The minimum absolute atomic E-state index is 0.0508. The number of nitro groups is 1. The maximum absolute atomic E-state index is 10.8. The highest BCUT2D eigenvalue weighted by Crippen LogP contribution is 2.23. The standard InChI is InChI=1S/C20H19N3O3/c1-14-11-18(23(25)26)12-21-20(14)22-13-19(24)17-9-7-16(8-10-17)15-5-3-2-4-6-15/h2-12,19,24H,13H2,1H3,(H,21,22). The van der Waals surface area contributed by atoms with E-state index in [-0.39, 0.29) is 12.2 Å². The van der Waals surface area contributed by atoms with Gasteiger partial charge in [-0.2, -0.15) is 0 Å². The van der Waals surface area contributed by atoms with Gasteiger partial charge in [0.1, 0.15) is 12.0 Å². The number of anilines is 1. The largest absolute Gasteiger partial charge is 0.387 e. The van der Waals surface area contributed by atoms with Crippen molar-refractivity contribution >= 4 is 11.5 Å². The van der Waals surface area contributed by atoms with Gasteiger partial charge in [0, 0.05) is 12.6 Å². The van der Waals surface area contributed by atoms with E-state index in [0.29, 0.717) is 11.4 Å². The Morgan fingerprint density at radius 2 is 1.77 bits per heavy atom. The van der Waals surface area contributed by atoms with Crippen LogP contribution in [0.1, 0.15) is 17.2 Å². The third-order valence-corrected chi connectivity index (χ3v) is 4.14. The van der Waals surface area contributed by atoms with Gasteiger partial charge in [-0.15, -0.1) is 0 Å². The van der Waals surface area contributed by atoms with Gasteiger partial charge < -0.3 is 10.4 Å². The van der Waals surface area contributed by atoms with Crippen LogP contribution >= 0.6 is 0 Å². The zero-order valence-corrected chi connectivity index (χ0v) is 14.3. The normalized spacial score (nSPS) is 11.8. The first-order chi connectivity index (χ1) is 12.5. The molecule has 1 atom stereocenters. The average molecular weight is 349 g/mol. The highest BCUT2D eigenvalue weighted by molar-refractivity contribution is 5.63. The highest BCUT2D eigenvalue weighted by atomic mass is 16.6. The van der Waals surface area contributed by atoms with Gasteiger partial charge in [0.05, 0.1) is 11.0 Å². The Hall–Kier alpha value is -3.25. The number of aryl methyl sites for hydroxylation is 1. The average Bonchev–Trinajstić information content (AvgIpc) is 2.67.